The van der Waals surface area contributed by atoms with Crippen LogP contribution in [0.2, 0.25) is 0 Å². The van der Waals surface area contributed by atoms with Gasteiger partial charge in [0.25, 0.3) is 0 Å². The molecule has 0 aliphatic heterocycles. The Bertz CT molecular complexity index is 2620. The van der Waals surface area contributed by atoms with Gasteiger partial charge in [-0.15, -0.1) is 0 Å². The lowest BCUT2D eigenvalue weighted by Gasteiger charge is -2.12. The van der Waals surface area contributed by atoms with Gasteiger partial charge in [-0.05, 0) is 47.5 Å². The highest BCUT2D eigenvalue weighted by molar-refractivity contribution is 6.12. The number of hydrogen-bond acceptors (Lipinski definition) is 1. The summed E-state index contributed by atoms with van der Waals surface area (Å²) in [5.41, 5.74) is 16.4. The maximum atomic E-state index is 6.79. The molecule has 0 aliphatic carbocycles. The van der Waals surface area contributed by atoms with Gasteiger partial charge in [0, 0.05) is 38.4 Å². The van der Waals surface area contributed by atoms with Crippen molar-refractivity contribution in [2.24, 2.45) is 15.7 Å². The molecule has 5 nitrogen and oxygen atoms in total. The van der Waals surface area contributed by atoms with Crippen molar-refractivity contribution in [3.05, 3.63) is 187 Å². The minimum atomic E-state index is 0.382. The molecule has 2 N–H and O–H groups in total. The van der Waals surface area contributed by atoms with Gasteiger partial charge in [-0.1, -0.05) is 140 Å². The molecule has 9 aromatic rings. The largest absolute Gasteiger partial charge is 0.383 e. The number of nitrogens with two attached hydrogens (primary N) is 1. The van der Waals surface area contributed by atoms with Crippen molar-refractivity contribution in [2.45, 2.75) is 6.67 Å². The third-order valence-electron chi connectivity index (χ3n) is 9.50. The lowest BCUT2D eigenvalue weighted by molar-refractivity contribution is 0.791. The van der Waals surface area contributed by atoms with Gasteiger partial charge in [0.1, 0.15) is 12.5 Å². The number of benzene rings is 7. The molecule has 0 unspecified atom stereocenters. The Kier molecular flexibility index (Phi) is 7.29. The molecular formula is C45H33N5. The summed E-state index contributed by atoms with van der Waals surface area (Å²) in [6, 6.07) is 61.1. The molecule has 0 fully saturated rings. The third-order valence-corrected chi connectivity index (χ3v) is 9.50. The van der Waals surface area contributed by atoms with Gasteiger partial charge in [0.15, 0.2) is 5.84 Å². The molecule has 238 valence electrons. The highest BCUT2D eigenvalue weighted by Crippen LogP contribution is 2.33. The van der Waals surface area contributed by atoms with E-state index >= 15 is 0 Å². The van der Waals surface area contributed by atoms with Crippen LogP contribution in [0, 0.1) is 0 Å². The van der Waals surface area contributed by atoms with Gasteiger partial charge in [0.05, 0.1) is 22.1 Å². The first-order valence-corrected chi connectivity index (χ1v) is 16.8. The van der Waals surface area contributed by atoms with Crippen molar-refractivity contribution >= 4 is 55.3 Å². The zero-order chi connectivity index (χ0) is 33.4. The Hall–Kier alpha value is -6.72. The van der Waals surface area contributed by atoms with Crippen LogP contribution in [-0.4, -0.2) is 20.8 Å². The molecule has 2 heterocycles. The van der Waals surface area contributed by atoms with Crippen LogP contribution in [0.4, 0.5) is 0 Å². The van der Waals surface area contributed by atoms with Gasteiger partial charge in [-0.3, -0.25) is 0 Å². The number of fused-ring (bicyclic) bond motifs is 6. The van der Waals surface area contributed by atoms with Crippen molar-refractivity contribution < 1.29 is 0 Å². The monoisotopic (exact) mass is 643 g/mol. The van der Waals surface area contributed by atoms with E-state index < -0.39 is 0 Å². The highest BCUT2D eigenvalue weighted by atomic mass is 15.1. The molecule has 0 amide bonds. The Morgan fingerprint density at radius 2 is 0.960 bits per heavy atom. The Morgan fingerprint density at radius 1 is 0.460 bits per heavy atom. The predicted octanol–water partition coefficient (Wildman–Crippen LogP) is 10.4. The van der Waals surface area contributed by atoms with Gasteiger partial charge in [-0.2, -0.15) is 0 Å². The summed E-state index contributed by atoms with van der Waals surface area (Å²) in [4.78, 5) is 10.3. The van der Waals surface area contributed by atoms with Crippen molar-refractivity contribution in [1.82, 2.24) is 9.13 Å². The summed E-state index contributed by atoms with van der Waals surface area (Å²) in [7, 11) is 0. The van der Waals surface area contributed by atoms with Crippen LogP contribution in [0.25, 0.3) is 60.4 Å². The molecule has 0 spiro atoms. The molecule has 0 atom stereocenters. The minimum Gasteiger partial charge on any atom is -0.383 e. The van der Waals surface area contributed by atoms with E-state index in [1.807, 2.05) is 30.3 Å². The van der Waals surface area contributed by atoms with Crippen LogP contribution >= 0.6 is 0 Å². The maximum absolute atomic E-state index is 6.79. The van der Waals surface area contributed by atoms with Crippen molar-refractivity contribution in [2.75, 3.05) is 0 Å². The average molecular weight is 644 g/mol. The average Bonchev–Trinajstić information content (AvgIpc) is 3.69. The SMILES string of the molecule is NC(=NC(=NCn1c2ccccc2c2ccccc21)c1cccc(-n2c3ccccc3c3ccccc32)c1)c1ccc(-c2ccccc2)cc1. The van der Waals surface area contributed by atoms with E-state index in [1.54, 1.807) is 0 Å². The first-order valence-electron chi connectivity index (χ1n) is 16.8. The summed E-state index contributed by atoms with van der Waals surface area (Å²) in [5.74, 6) is 0.979. The molecule has 2 aromatic heterocycles. The molecule has 5 heteroatoms. The number of amidine groups is 2. The molecule has 0 saturated carbocycles. The number of para-hydroxylation sites is 4. The van der Waals surface area contributed by atoms with Gasteiger partial charge in [0.2, 0.25) is 0 Å². The van der Waals surface area contributed by atoms with E-state index in [2.05, 4.69) is 155 Å². The predicted molar refractivity (Wildman–Crippen MR) is 209 cm³/mol. The van der Waals surface area contributed by atoms with Crippen molar-refractivity contribution in [1.29, 1.82) is 0 Å². The molecule has 9 rings (SSSR count). The Balaban J connectivity index is 1.18. The van der Waals surface area contributed by atoms with Crippen LogP contribution in [0.1, 0.15) is 11.1 Å². The smallest absolute Gasteiger partial charge is 0.158 e. The van der Waals surface area contributed by atoms with E-state index in [0.29, 0.717) is 18.3 Å². The Morgan fingerprint density at radius 3 is 1.56 bits per heavy atom. The summed E-state index contributed by atoms with van der Waals surface area (Å²) in [6.07, 6.45) is 0. The molecular weight excluding hydrogens is 611 g/mol. The zero-order valence-corrected chi connectivity index (χ0v) is 27.3. The van der Waals surface area contributed by atoms with Crippen LogP contribution in [0.15, 0.2) is 186 Å². The lowest BCUT2D eigenvalue weighted by Crippen LogP contribution is -2.17. The molecule has 0 saturated heterocycles. The van der Waals surface area contributed by atoms with Crippen LogP contribution < -0.4 is 5.73 Å². The van der Waals surface area contributed by atoms with E-state index in [9.17, 15) is 0 Å². The fourth-order valence-corrected chi connectivity index (χ4v) is 7.11. The van der Waals surface area contributed by atoms with E-state index in [0.717, 1.165) is 50.0 Å². The molecule has 0 bridgehead atoms. The van der Waals surface area contributed by atoms with E-state index in [4.69, 9.17) is 15.7 Å². The normalized spacial score (nSPS) is 12.4. The number of rotatable bonds is 6. The second-order valence-corrected chi connectivity index (χ2v) is 12.4. The molecule has 0 radical (unpaired) electrons. The molecule has 50 heavy (non-hydrogen) atoms. The van der Waals surface area contributed by atoms with E-state index in [-0.39, 0.29) is 0 Å². The number of aliphatic imine (C=N–C) groups is 2. The lowest BCUT2D eigenvalue weighted by atomic mass is 10.0. The molecule has 0 aliphatic rings. The number of nitrogens with zero attached hydrogens (tertiary/aromatic N) is 4. The topological polar surface area (TPSA) is 60.6 Å². The third kappa shape index (κ3) is 5.13. The second-order valence-electron chi connectivity index (χ2n) is 12.4. The summed E-state index contributed by atoms with van der Waals surface area (Å²) >= 11 is 0. The summed E-state index contributed by atoms with van der Waals surface area (Å²) < 4.78 is 4.57. The summed E-state index contributed by atoms with van der Waals surface area (Å²) in [6.45, 7) is 0.382. The fourth-order valence-electron chi connectivity index (χ4n) is 7.11. The second kappa shape index (κ2) is 12.4. The maximum Gasteiger partial charge on any atom is 0.158 e. The van der Waals surface area contributed by atoms with Gasteiger partial charge >= 0.3 is 0 Å². The number of hydrogen-bond donors (Lipinski definition) is 1. The summed E-state index contributed by atoms with van der Waals surface area (Å²) in [5, 5.41) is 4.84. The fraction of sp³-hybridized carbons (Fsp3) is 0.0222. The van der Waals surface area contributed by atoms with Gasteiger partial charge < -0.3 is 14.9 Å². The standard InChI is InChI=1S/C45H33N5/c46-44(33-27-25-32(26-28-33)31-13-2-1-3-14-31)48-45(47-30-49-40-21-8-4-17-36(40)37-18-5-9-22-41(37)49)34-15-12-16-35(29-34)50-42-23-10-6-19-38(42)39-20-7-11-24-43(39)50/h1-29H,30H2,(H2,46,47,48). The quantitative estimate of drug-likeness (QED) is 0.142. The Labute approximate surface area is 289 Å². The zero-order valence-electron chi connectivity index (χ0n) is 27.3. The van der Waals surface area contributed by atoms with Crippen molar-refractivity contribution in [3.63, 3.8) is 0 Å². The van der Waals surface area contributed by atoms with Crippen LogP contribution in [0.3, 0.4) is 0 Å². The van der Waals surface area contributed by atoms with Crippen molar-refractivity contribution in [3.8, 4) is 16.8 Å². The minimum absolute atomic E-state index is 0.382. The number of aromatic nitrogens is 2. The van der Waals surface area contributed by atoms with Gasteiger partial charge in [-0.25, -0.2) is 9.98 Å². The first kappa shape index (κ1) is 29.4. The van der Waals surface area contributed by atoms with Crippen LogP contribution in [0.5, 0.6) is 0 Å². The molecule has 7 aromatic carbocycles. The van der Waals surface area contributed by atoms with E-state index in [1.165, 1.54) is 21.5 Å². The first-order chi connectivity index (χ1) is 24.7. The highest BCUT2D eigenvalue weighted by Gasteiger charge is 2.15. The van der Waals surface area contributed by atoms with Crippen LogP contribution in [-0.2, 0) is 6.67 Å².